The quantitative estimate of drug-likeness (QED) is 0.242. The molecule has 0 aromatic heterocycles. The Hall–Kier alpha value is -4.45. The molecule has 2 aromatic carbocycles. The highest BCUT2D eigenvalue weighted by Gasteiger charge is 2.39. The van der Waals surface area contributed by atoms with Crippen LogP contribution in [0.4, 0.5) is 4.79 Å². The highest BCUT2D eigenvalue weighted by Crippen LogP contribution is 2.29. The molecule has 4 amide bonds. The van der Waals surface area contributed by atoms with Gasteiger partial charge in [0.15, 0.2) is 0 Å². The van der Waals surface area contributed by atoms with Gasteiger partial charge >= 0.3 is 12.1 Å². The third-order valence-corrected chi connectivity index (χ3v) is 6.68. The molecular weight excluding hydrogens is 592 g/mol. The van der Waals surface area contributed by atoms with Crippen molar-refractivity contribution in [2.75, 3.05) is 13.2 Å². The number of amides is 4. The summed E-state index contributed by atoms with van der Waals surface area (Å²) in [6, 6.07) is 10.3. The molecule has 252 valence electrons. The lowest BCUT2D eigenvalue weighted by Crippen LogP contribution is -2.56. The first-order valence-electron chi connectivity index (χ1n) is 15.2. The maximum atomic E-state index is 14.4. The van der Waals surface area contributed by atoms with Crippen molar-refractivity contribution >= 4 is 29.8 Å². The molecule has 0 aliphatic heterocycles. The van der Waals surface area contributed by atoms with Gasteiger partial charge in [0.2, 0.25) is 17.7 Å². The van der Waals surface area contributed by atoms with E-state index in [1.54, 1.807) is 85.7 Å². The maximum Gasteiger partial charge on any atom is 0.408 e. The van der Waals surface area contributed by atoms with E-state index in [2.05, 4.69) is 10.6 Å². The van der Waals surface area contributed by atoms with Gasteiger partial charge in [-0.3, -0.25) is 14.4 Å². The molecule has 0 aliphatic rings. The fourth-order valence-electron chi connectivity index (χ4n) is 4.88. The minimum absolute atomic E-state index is 0.0966. The van der Waals surface area contributed by atoms with Crippen LogP contribution in [0.1, 0.15) is 76.3 Å². The van der Waals surface area contributed by atoms with Crippen molar-refractivity contribution in [2.24, 2.45) is 5.73 Å². The summed E-state index contributed by atoms with van der Waals surface area (Å²) in [6.45, 7) is 12.6. The van der Waals surface area contributed by atoms with Gasteiger partial charge in [0.1, 0.15) is 29.3 Å². The summed E-state index contributed by atoms with van der Waals surface area (Å²) in [4.78, 5) is 67.8. The smallest absolute Gasteiger partial charge is 0.408 e. The normalized spacial score (nSPS) is 13.5. The summed E-state index contributed by atoms with van der Waals surface area (Å²) < 4.78 is 10.9. The molecule has 3 unspecified atom stereocenters. The zero-order chi connectivity index (χ0) is 34.8. The van der Waals surface area contributed by atoms with Crippen LogP contribution in [0.3, 0.4) is 0 Å². The van der Waals surface area contributed by atoms with E-state index in [1.165, 1.54) is 0 Å². The van der Waals surface area contributed by atoms with E-state index in [0.717, 1.165) is 10.5 Å². The van der Waals surface area contributed by atoms with E-state index >= 15 is 0 Å². The lowest BCUT2D eigenvalue weighted by molar-refractivity contribution is -0.159. The number of ether oxygens (including phenoxy) is 2. The maximum absolute atomic E-state index is 14.4. The molecule has 12 nitrogen and oxygen atoms in total. The van der Waals surface area contributed by atoms with Crippen LogP contribution >= 0.6 is 0 Å². The van der Waals surface area contributed by atoms with Gasteiger partial charge in [-0.15, -0.1) is 0 Å². The third-order valence-electron chi connectivity index (χ3n) is 6.68. The van der Waals surface area contributed by atoms with Gasteiger partial charge in [0, 0.05) is 13.0 Å². The topological polar surface area (TPSA) is 177 Å². The lowest BCUT2D eigenvalue weighted by atomic mass is 9.93. The van der Waals surface area contributed by atoms with Crippen LogP contribution in [0, 0.1) is 13.8 Å². The molecule has 3 atom stereocenters. The fraction of sp³-hybridized carbons (Fsp3) is 0.500. The molecule has 12 heteroatoms. The second kappa shape index (κ2) is 16.2. The fourth-order valence-corrected chi connectivity index (χ4v) is 4.88. The average molecular weight is 641 g/mol. The number of nitrogens with one attached hydrogen (secondary N) is 2. The van der Waals surface area contributed by atoms with Crippen molar-refractivity contribution in [2.45, 2.75) is 97.6 Å². The number of esters is 1. The number of hydrogen-bond donors (Lipinski definition) is 4. The zero-order valence-corrected chi connectivity index (χ0v) is 28.0. The van der Waals surface area contributed by atoms with Crippen LogP contribution in [0.15, 0.2) is 48.5 Å². The Morgan fingerprint density at radius 1 is 0.826 bits per heavy atom. The highest BCUT2D eigenvalue weighted by molar-refractivity contribution is 5.96. The molecule has 0 aliphatic carbocycles. The molecule has 0 saturated heterocycles. The highest BCUT2D eigenvalue weighted by atomic mass is 16.6. The molecule has 0 spiro atoms. The number of rotatable bonds is 13. The standard InChI is InChI=1S/C34H48N4O8/c1-21-13-12-14-22(2)27(21)28(29(41)36-25(31(43)45-33(3,4)5)19-23-15-10-9-11-16-23)38(17-18-39)30(42)24(20-26(35)40)37-32(44)46-34(6,7)8/h9-16,24-25,28,39H,17-20H2,1-8H3,(H2,35,40)(H,36,41)(H,37,44). The van der Waals surface area contributed by atoms with Crippen LogP contribution in [0.5, 0.6) is 0 Å². The van der Waals surface area contributed by atoms with E-state index in [9.17, 15) is 29.1 Å². The number of alkyl carbamates (subject to hydrolysis) is 1. The van der Waals surface area contributed by atoms with E-state index in [4.69, 9.17) is 15.2 Å². The van der Waals surface area contributed by atoms with Crippen LogP contribution in [-0.2, 0) is 35.1 Å². The molecule has 0 bridgehead atoms. The molecule has 0 fully saturated rings. The van der Waals surface area contributed by atoms with Crippen LogP contribution in [0.25, 0.3) is 0 Å². The molecular formula is C34H48N4O8. The number of aliphatic hydroxyl groups excluding tert-OH is 1. The van der Waals surface area contributed by atoms with Gasteiger partial charge in [0.25, 0.3) is 0 Å². The summed E-state index contributed by atoms with van der Waals surface area (Å²) in [6.07, 6.45) is -1.48. The molecule has 2 aromatic rings. The van der Waals surface area contributed by atoms with E-state index in [-0.39, 0.29) is 13.0 Å². The van der Waals surface area contributed by atoms with Gasteiger partial charge in [-0.1, -0.05) is 48.5 Å². The first-order valence-corrected chi connectivity index (χ1v) is 15.2. The minimum atomic E-state index is -1.52. The predicted molar refractivity (Wildman–Crippen MR) is 172 cm³/mol. The Labute approximate surface area is 271 Å². The molecule has 0 radical (unpaired) electrons. The number of aryl methyl sites for hydroxylation is 2. The largest absolute Gasteiger partial charge is 0.458 e. The van der Waals surface area contributed by atoms with Gasteiger partial charge < -0.3 is 35.8 Å². The Kier molecular flexibility index (Phi) is 13.3. The Balaban J connectivity index is 2.65. The van der Waals surface area contributed by atoms with Gasteiger partial charge in [0.05, 0.1) is 13.0 Å². The first-order chi connectivity index (χ1) is 21.3. The van der Waals surface area contributed by atoms with E-state index in [0.29, 0.717) is 16.7 Å². The van der Waals surface area contributed by atoms with Crippen molar-refractivity contribution in [1.82, 2.24) is 15.5 Å². The number of primary amides is 1. The number of carbonyl (C=O) groups is 5. The molecule has 0 saturated carbocycles. The summed E-state index contributed by atoms with van der Waals surface area (Å²) >= 11 is 0. The SMILES string of the molecule is Cc1cccc(C)c1C(C(=O)NC(Cc1ccccc1)C(=O)OC(C)(C)C)N(CCO)C(=O)C(CC(N)=O)NC(=O)OC(C)(C)C. The van der Waals surface area contributed by atoms with Crippen LogP contribution in [-0.4, -0.2) is 76.2 Å². The summed E-state index contributed by atoms with van der Waals surface area (Å²) in [5.41, 5.74) is 6.19. The zero-order valence-electron chi connectivity index (χ0n) is 28.0. The molecule has 5 N–H and O–H groups in total. The Morgan fingerprint density at radius 2 is 1.39 bits per heavy atom. The second-order valence-electron chi connectivity index (χ2n) is 13.1. The van der Waals surface area contributed by atoms with E-state index < -0.39 is 72.1 Å². The van der Waals surface area contributed by atoms with Crippen LogP contribution in [0.2, 0.25) is 0 Å². The van der Waals surface area contributed by atoms with Gasteiger partial charge in [-0.2, -0.15) is 0 Å². The third kappa shape index (κ3) is 11.8. The number of aliphatic hydroxyl groups is 1. The monoisotopic (exact) mass is 640 g/mol. The molecule has 0 heterocycles. The summed E-state index contributed by atoms with van der Waals surface area (Å²) in [5.74, 6) is -3.16. The van der Waals surface area contributed by atoms with Crippen molar-refractivity contribution in [3.63, 3.8) is 0 Å². The molecule has 2 rings (SSSR count). The summed E-state index contributed by atoms with van der Waals surface area (Å²) in [7, 11) is 0. The number of benzene rings is 2. The van der Waals surface area contributed by atoms with Crippen molar-refractivity contribution in [3.05, 3.63) is 70.8 Å². The summed E-state index contributed by atoms with van der Waals surface area (Å²) in [5, 5.41) is 15.3. The number of carbonyl (C=O) groups excluding carboxylic acids is 5. The first kappa shape index (κ1) is 37.7. The second-order valence-corrected chi connectivity index (χ2v) is 13.1. The Bertz CT molecular complexity index is 1360. The minimum Gasteiger partial charge on any atom is -0.458 e. The van der Waals surface area contributed by atoms with Gasteiger partial charge in [-0.05, 0) is 77.6 Å². The van der Waals surface area contributed by atoms with Crippen molar-refractivity contribution in [3.8, 4) is 0 Å². The van der Waals surface area contributed by atoms with Gasteiger partial charge in [-0.25, -0.2) is 9.59 Å². The number of nitrogens with two attached hydrogens (primary N) is 1. The van der Waals surface area contributed by atoms with Crippen molar-refractivity contribution < 1.29 is 38.6 Å². The van der Waals surface area contributed by atoms with E-state index in [1.807, 2.05) is 18.2 Å². The van der Waals surface area contributed by atoms with Crippen LogP contribution < -0.4 is 16.4 Å². The number of hydrogen-bond acceptors (Lipinski definition) is 8. The molecule has 46 heavy (non-hydrogen) atoms. The average Bonchev–Trinajstić information content (AvgIpc) is 2.91. The Morgan fingerprint density at radius 3 is 1.89 bits per heavy atom. The predicted octanol–water partition coefficient (Wildman–Crippen LogP) is 3.00. The van der Waals surface area contributed by atoms with Crippen molar-refractivity contribution in [1.29, 1.82) is 0 Å². The lowest BCUT2D eigenvalue weighted by Gasteiger charge is -2.36. The number of nitrogens with zero attached hydrogens (tertiary/aromatic N) is 1.